The molecule has 0 unspecified atom stereocenters. The van der Waals surface area contributed by atoms with Gasteiger partial charge < -0.3 is 20.5 Å². The van der Waals surface area contributed by atoms with Crippen LogP contribution >= 0.6 is 0 Å². The predicted octanol–water partition coefficient (Wildman–Crippen LogP) is 3.35. The molecule has 0 aliphatic carbocycles. The second kappa shape index (κ2) is 9.16. The van der Waals surface area contributed by atoms with Crippen molar-refractivity contribution < 1.29 is 46.0 Å². The van der Waals surface area contributed by atoms with E-state index < -0.39 is 58.9 Å². The smallest absolute Gasteiger partial charge is 0.417 e. The van der Waals surface area contributed by atoms with E-state index in [1.165, 1.54) is 32.2 Å². The molecule has 1 saturated heterocycles. The van der Waals surface area contributed by atoms with Crippen LogP contribution in [0.5, 0.6) is 5.75 Å². The standard InChI is InChI=1S/C22H22F5N3O4/c1-4-33-17-12(5-6-13(23)16(17)24)15-10(2)21(3,22(25,26)27)34-18(15)20(32)30-11-7-8-29-14(9-11)19(28)31/h5-10,15,18H,4H2,1-3H3,(H2,28,31)(H,29,30,32)/p+1/t10-,15-,18+,21+/m1/s1. The molecular weight excluding hydrogens is 465 g/mol. The second-order valence-corrected chi connectivity index (χ2v) is 8.01. The molecule has 4 atom stereocenters. The highest BCUT2D eigenvalue weighted by Crippen LogP contribution is 2.55. The molecule has 1 aliphatic rings. The minimum absolute atomic E-state index is 0.0588. The van der Waals surface area contributed by atoms with Gasteiger partial charge in [-0.15, -0.1) is 0 Å². The quantitative estimate of drug-likeness (QED) is 0.609. The lowest BCUT2D eigenvalue weighted by Gasteiger charge is -2.32. The SMILES string of the molecule is CCOc1c([C@@H]2[C@@H](C(=O)Nc3cc[nH+]c(C(N)=O)c3)O[C@](C)(C(F)(F)F)[C@@H]2C)ccc(F)c1F. The summed E-state index contributed by atoms with van der Waals surface area (Å²) in [6.45, 7) is 3.40. The maximum atomic E-state index is 14.5. The topological polar surface area (TPSA) is 105 Å². The minimum atomic E-state index is -4.88. The van der Waals surface area contributed by atoms with Crippen LogP contribution in [0.2, 0.25) is 0 Å². The lowest BCUT2D eigenvalue weighted by molar-refractivity contribution is -0.381. The normalized spacial score (nSPS) is 24.6. The molecule has 2 amide bonds. The van der Waals surface area contributed by atoms with Crippen LogP contribution in [-0.2, 0) is 9.53 Å². The van der Waals surface area contributed by atoms with Gasteiger partial charge in [0.25, 0.3) is 11.6 Å². The molecule has 4 N–H and O–H groups in total. The fourth-order valence-electron chi connectivity index (χ4n) is 4.02. The van der Waals surface area contributed by atoms with E-state index >= 15 is 0 Å². The Labute approximate surface area is 191 Å². The summed E-state index contributed by atoms with van der Waals surface area (Å²) in [5.74, 6) is -7.77. The van der Waals surface area contributed by atoms with E-state index in [1.54, 1.807) is 0 Å². The Balaban J connectivity index is 2.09. The Bertz CT molecular complexity index is 1110. The van der Waals surface area contributed by atoms with Gasteiger partial charge in [0.1, 0.15) is 6.10 Å². The molecule has 184 valence electrons. The molecular formula is C22H23F5N3O4+. The van der Waals surface area contributed by atoms with Gasteiger partial charge in [0.15, 0.2) is 23.4 Å². The predicted molar refractivity (Wildman–Crippen MR) is 109 cm³/mol. The number of primary amides is 1. The molecule has 1 aromatic carbocycles. The highest BCUT2D eigenvalue weighted by molar-refractivity contribution is 5.97. The number of nitrogens with two attached hydrogens (primary N) is 1. The summed E-state index contributed by atoms with van der Waals surface area (Å²) in [6, 6.07) is 4.38. The Hall–Kier alpha value is -3.28. The molecule has 7 nitrogen and oxygen atoms in total. The first-order chi connectivity index (χ1) is 15.8. The Morgan fingerprint density at radius 2 is 1.94 bits per heavy atom. The second-order valence-electron chi connectivity index (χ2n) is 8.01. The highest BCUT2D eigenvalue weighted by atomic mass is 19.4. The van der Waals surface area contributed by atoms with Crippen molar-refractivity contribution in [2.45, 2.75) is 44.6 Å². The number of pyridine rings is 1. The zero-order chi connectivity index (χ0) is 25.4. The summed E-state index contributed by atoms with van der Waals surface area (Å²) in [6.07, 6.45) is -5.34. The third kappa shape index (κ3) is 4.41. The lowest BCUT2D eigenvalue weighted by Crippen LogP contribution is -2.47. The van der Waals surface area contributed by atoms with Gasteiger partial charge in [0.2, 0.25) is 5.82 Å². The Morgan fingerprint density at radius 1 is 1.26 bits per heavy atom. The maximum absolute atomic E-state index is 14.5. The van der Waals surface area contributed by atoms with Crippen molar-refractivity contribution in [3.8, 4) is 5.75 Å². The van der Waals surface area contributed by atoms with E-state index in [4.69, 9.17) is 15.2 Å². The van der Waals surface area contributed by atoms with Crippen molar-refractivity contribution in [2.24, 2.45) is 11.7 Å². The van der Waals surface area contributed by atoms with Crippen LogP contribution in [0.1, 0.15) is 42.7 Å². The van der Waals surface area contributed by atoms with E-state index in [0.29, 0.717) is 0 Å². The molecule has 1 aromatic heterocycles. The van der Waals surface area contributed by atoms with E-state index in [9.17, 15) is 31.5 Å². The fraction of sp³-hybridized carbons (Fsp3) is 0.409. The summed E-state index contributed by atoms with van der Waals surface area (Å²) < 4.78 is 80.9. The molecule has 34 heavy (non-hydrogen) atoms. The molecule has 12 heteroatoms. The fourth-order valence-corrected chi connectivity index (χ4v) is 4.02. The van der Waals surface area contributed by atoms with Crippen LogP contribution in [0, 0.1) is 17.6 Å². The van der Waals surface area contributed by atoms with Gasteiger partial charge >= 0.3 is 12.1 Å². The number of halogens is 5. The van der Waals surface area contributed by atoms with Gasteiger partial charge in [-0.05, 0) is 19.9 Å². The number of hydrogen-bond acceptors (Lipinski definition) is 4. The lowest BCUT2D eigenvalue weighted by atomic mass is 9.77. The van der Waals surface area contributed by atoms with E-state index in [1.807, 2.05) is 0 Å². The number of carbonyl (C=O) groups is 2. The number of rotatable bonds is 6. The van der Waals surface area contributed by atoms with Crippen molar-refractivity contribution in [3.63, 3.8) is 0 Å². The molecule has 2 aromatic rings. The summed E-state index contributed by atoms with van der Waals surface area (Å²) in [4.78, 5) is 27.1. The largest absolute Gasteiger partial charge is 0.490 e. The number of anilines is 1. The average Bonchev–Trinajstić information content (AvgIpc) is 3.04. The number of alkyl halides is 3. The summed E-state index contributed by atoms with van der Waals surface area (Å²) >= 11 is 0. The number of nitrogens with one attached hydrogen (secondary N) is 2. The molecule has 2 heterocycles. The summed E-state index contributed by atoms with van der Waals surface area (Å²) in [7, 11) is 0. The molecule has 0 saturated carbocycles. The number of amides is 2. The molecule has 0 bridgehead atoms. The van der Waals surface area contributed by atoms with E-state index in [0.717, 1.165) is 19.1 Å². The summed E-state index contributed by atoms with van der Waals surface area (Å²) in [5, 5.41) is 2.40. The number of H-pyrrole nitrogens is 1. The monoisotopic (exact) mass is 488 g/mol. The molecule has 0 spiro atoms. The van der Waals surface area contributed by atoms with Crippen LogP contribution in [0.3, 0.4) is 0 Å². The van der Waals surface area contributed by atoms with Gasteiger partial charge in [-0.1, -0.05) is 13.0 Å². The number of aromatic nitrogens is 1. The molecule has 3 rings (SSSR count). The van der Waals surface area contributed by atoms with Crippen molar-refractivity contribution in [1.29, 1.82) is 0 Å². The summed E-state index contributed by atoms with van der Waals surface area (Å²) in [5.41, 5.74) is 2.27. The highest BCUT2D eigenvalue weighted by Gasteiger charge is 2.65. The van der Waals surface area contributed by atoms with Crippen LogP contribution in [-0.4, -0.2) is 36.3 Å². The van der Waals surface area contributed by atoms with E-state index in [-0.39, 0.29) is 23.6 Å². The van der Waals surface area contributed by atoms with Gasteiger partial charge in [-0.3, -0.25) is 9.59 Å². The third-order valence-corrected chi connectivity index (χ3v) is 5.99. The number of carbonyl (C=O) groups excluding carboxylic acids is 2. The van der Waals surface area contributed by atoms with Crippen molar-refractivity contribution >= 4 is 17.5 Å². The molecule has 1 aliphatic heterocycles. The van der Waals surface area contributed by atoms with Crippen LogP contribution < -0.4 is 20.8 Å². The van der Waals surface area contributed by atoms with Gasteiger partial charge in [-0.2, -0.15) is 17.6 Å². The van der Waals surface area contributed by atoms with Crippen LogP contribution in [0.25, 0.3) is 0 Å². The molecule has 0 radical (unpaired) electrons. The average molecular weight is 488 g/mol. The van der Waals surface area contributed by atoms with Gasteiger partial charge in [-0.25, -0.2) is 9.37 Å². The third-order valence-electron chi connectivity index (χ3n) is 5.99. The first kappa shape index (κ1) is 25.3. The maximum Gasteiger partial charge on any atom is 0.417 e. The number of ether oxygens (including phenoxy) is 2. The zero-order valence-electron chi connectivity index (χ0n) is 18.4. The van der Waals surface area contributed by atoms with Crippen molar-refractivity contribution in [1.82, 2.24) is 0 Å². The first-order valence-corrected chi connectivity index (χ1v) is 10.3. The zero-order valence-corrected chi connectivity index (χ0v) is 18.4. The van der Waals surface area contributed by atoms with Crippen molar-refractivity contribution in [2.75, 3.05) is 11.9 Å². The Morgan fingerprint density at radius 3 is 2.53 bits per heavy atom. The minimum Gasteiger partial charge on any atom is -0.490 e. The van der Waals surface area contributed by atoms with Gasteiger partial charge in [0.05, 0.1) is 12.3 Å². The number of benzene rings is 1. The van der Waals surface area contributed by atoms with Crippen LogP contribution in [0.15, 0.2) is 30.5 Å². The first-order valence-electron chi connectivity index (χ1n) is 10.3. The van der Waals surface area contributed by atoms with E-state index in [2.05, 4.69) is 10.3 Å². The van der Waals surface area contributed by atoms with Gasteiger partial charge in [0, 0.05) is 29.5 Å². The van der Waals surface area contributed by atoms with Crippen molar-refractivity contribution in [3.05, 3.63) is 53.4 Å². The Kier molecular flexibility index (Phi) is 6.83. The van der Waals surface area contributed by atoms with Crippen LogP contribution in [0.4, 0.5) is 27.6 Å². The molecule has 1 fully saturated rings. The number of hydrogen-bond donors (Lipinski definition) is 2. The number of aromatic amines is 1.